The second-order valence-corrected chi connectivity index (χ2v) is 2.35. The fraction of sp³-hybridized carbons (Fsp3) is 0.125. The monoisotopic (exact) mass is 205 g/mol. The maximum absolute atomic E-state index is 12.8. The predicted octanol–water partition coefficient (Wildman–Crippen LogP) is 2.08. The van der Waals surface area contributed by atoms with Gasteiger partial charge in [-0.15, -0.1) is 0 Å². The van der Waals surface area contributed by atoms with Crippen LogP contribution in [0.2, 0.25) is 0 Å². The fourth-order valence-corrected chi connectivity index (χ4v) is 0.873. The van der Waals surface area contributed by atoms with Crippen LogP contribution in [0.5, 0.6) is 0 Å². The number of rotatable bonds is 2. The van der Waals surface area contributed by atoms with Gasteiger partial charge in [0.1, 0.15) is 0 Å². The van der Waals surface area contributed by atoms with E-state index in [1.807, 2.05) is 0 Å². The van der Waals surface area contributed by atoms with E-state index in [1.165, 1.54) is 0 Å². The molecule has 0 aromatic heterocycles. The van der Waals surface area contributed by atoms with Gasteiger partial charge in [-0.25, -0.2) is 27.3 Å². The molecule has 6 heteroatoms. The lowest BCUT2D eigenvalue weighted by Crippen LogP contribution is -2.01. The van der Waals surface area contributed by atoms with E-state index in [0.717, 1.165) is 6.08 Å². The average molecular weight is 205 g/mol. The summed E-state index contributed by atoms with van der Waals surface area (Å²) < 4.78 is 50.6. The molecule has 0 bridgehead atoms. The first kappa shape index (κ1) is 10.4. The first-order valence-corrected chi connectivity index (χ1v) is 3.43. The SMILES string of the molecule is O=C=NCc1c(F)c(F)cc(F)c1F. The molecule has 1 aromatic rings. The van der Waals surface area contributed by atoms with Gasteiger partial charge in [0.15, 0.2) is 23.3 Å². The Morgan fingerprint density at radius 3 is 2.07 bits per heavy atom. The van der Waals surface area contributed by atoms with Crippen molar-refractivity contribution in [3.8, 4) is 0 Å². The van der Waals surface area contributed by atoms with Crippen molar-refractivity contribution in [2.24, 2.45) is 4.99 Å². The van der Waals surface area contributed by atoms with Crippen LogP contribution in [-0.4, -0.2) is 6.08 Å². The molecule has 14 heavy (non-hydrogen) atoms. The van der Waals surface area contributed by atoms with E-state index >= 15 is 0 Å². The predicted molar refractivity (Wildman–Crippen MR) is 38.1 cm³/mol. The number of benzene rings is 1. The Morgan fingerprint density at radius 2 is 1.64 bits per heavy atom. The van der Waals surface area contributed by atoms with Crippen LogP contribution in [0.1, 0.15) is 5.56 Å². The Morgan fingerprint density at radius 1 is 1.14 bits per heavy atom. The molecule has 0 aliphatic heterocycles. The van der Waals surface area contributed by atoms with Gasteiger partial charge in [0, 0.05) is 6.07 Å². The molecule has 0 unspecified atom stereocenters. The Hall–Kier alpha value is -1.68. The van der Waals surface area contributed by atoms with Crippen molar-refractivity contribution in [3.05, 3.63) is 34.9 Å². The summed E-state index contributed by atoms with van der Waals surface area (Å²) in [5, 5.41) is 0. The summed E-state index contributed by atoms with van der Waals surface area (Å²) in [7, 11) is 0. The number of nitrogens with zero attached hydrogens (tertiary/aromatic N) is 1. The summed E-state index contributed by atoms with van der Waals surface area (Å²) in [6.45, 7) is -0.782. The maximum Gasteiger partial charge on any atom is 0.235 e. The van der Waals surface area contributed by atoms with Gasteiger partial charge in [0.05, 0.1) is 12.1 Å². The number of hydrogen-bond donors (Lipinski definition) is 0. The second-order valence-electron chi connectivity index (χ2n) is 2.35. The summed E-state index contributed by atoms with van der Waals surface area (Å²) in [6, 6.07) is 0.0821. The van der Waals surface area contributed by atoms with Crippen molar-refractivity contribution in [2.45, 2.75) is 6.54 Å². The Kier molecular flexibility index (Phi) is 2.99. The first-order chi connectivity index (χ1) is 6.57. The third kappa shape index (κ3) is 1.80. The van der Waals surface area contributed by atoms with Crippen LogP contribution in [0.15, 0.2) is 11.1 Å². The highest BCUT2D eigenvalue weighted by Gasteiger charge is 2.18. The van der Waals surface area contributed by atoms with E-state index in [9.17, 15) is 22.4 Å². The largest absolute Gasteiger partial charge is 0.235 e. The third-order valence-corrected chi connectivity index (χ3v) is 1.50. The number of hydrogen-bond acceptors (Lipinski definition) is 2. The molecule has 0 fully saturated rings. The van der Waals surface area contributed by atoms with Crippen molar-refractivity contribution in [2.75, 3.05) is 0 Å². The zero-order valence-electron chi connectivity index (χ0n) is 6.65. The van der Waals surface area contributed by atoms with E-state index in [-0.39, 0.29) is 6.07 Å². The van der Waals surface area contributed by atoms with Crippen molar-refractivity contribution >= 4 is 6.08 Å². The summed E-state index contributed by atoms with van der Waals surface area (Å²) in [4.78, 5) is 12.5. The zero-order chi connectivity index (χ0) is 10.7. The standard InChI is InChI=1S/C8H3F4NO/c9-5-1-6(10)8(12)4(7(5)11)2-13-3-14/h1H,2H2. The summed E-state index contributed by atoms with van der Waals surface area (Å²) >= 11 is 0. The molecule has 0 aliphatic carbocycles. The zero-order valence-corrected chi connectivity index (χ0v) is 6.65. The highest BCUT2D eigenvalue weighted by Crippen LogP contribution is 2.19. The first-order valence-electron chi connectivity index (χ1n) is 3.43. The lowest BCUT2D eigenvalue weighted by atomic mass is 10.2. The van der Waals surface area contributed by atoms with E-state index < -0.39 is 35.4 Å². The van der Waals surface area contributed by atoms with Crippen molar-refractivity contribution in [1.82, 2.24) is 0 Å². The van der Waals surface area contributed by atoms with E-state index in [4.69, 9.17) is 0 Å². The average Bonchev–Trinajstić information content (AvgIpc) is 2.15. The third-order valence-electron chi connectivity index (χ3n) is 1.50. The minimum absolute atomic E-state index is 0.0821. The molecule has 0 atom stereocenters. The van der Waals surface area contributed by atoms with Crippen LogP contribution >= 0.6 is 0 Å². The Bertz CT molecular complexity index is 386. The molecule has 0 spiro atoms. The summed E-state index contributed by atoms with van der Waals surface area (Å²) in [5.74, 6) is -6.16. The molecule has 0 saturated carbocycles. The summed E-state index contributed by atoms with van der Waals surface area (Å²) in [6.07, 6.45) is 1.01. The van der Waals surface area contributed by atoms with Gasteiger partial charge >= 0.3 is 0 Å². The van der Waals surface area contributed by atoms with Crippen LogP contribution in [0.25, 0.3) is 0 Å². The Balaban J connectivity index is 3.31. The van der Waals surface area contributed by atoms with E-state index in [0.29, 0.717) is 0 Å². The minimum atomic E-state index is -1.55. The Labute approximate surface area is 75.9 Å². The van der Waals surface area contributed by atoms with Gasteiger partial charge in [-0.3, -0.25) is 0 Å². The smallest absolute Gasteiger partial charge is 0.211 e. The maximum atomic E-state index is 12.8. The van der Waals surface area contributed by atoms with Gasteiger partial charge < -0.3 is 0 Å². The van der Waals surface area contributed by atoms with Crippen LogP contribution in [0, 0.1) is 23.3 Å². The topological polar surface area (TPSA) is 29.4 Å². The van der Waals surface area contributed by atoms with Gasteiger partial charge in [0.25, 0.3) is 0 Å². The number of halogens is 4. The molecule has 1 aromatic carbocycles. The molecule has 2 nitrogen and oxygen atoms in total. The molecule has 1 rings (SSSR count). The number of carbonyl (C=O) groups excluding carboxylic acids is 1. The molecule has 0 aliphatic rings. The number of aliphatic imine (C=N–C) groups is 1. The van der Waals surface area contributed by atoms with E-state index in [2.05, 4.69) is 4.99 Å². The quantitative estimate of drug-likeness (QED) is 0.314. The van der Waals surface area contributed by atoms with Crippen molar-refractivity contribution < 1.29 is 22.4 Å². The van der Waals surface area contributed by atoms with Crippen LogP contribution < -0.4 is 0 Å². The molecule has 74 valence electrons. The van der Waals surface area contributed by atoms with Gasteiger partial charge in [0.2, 0.25) is 6.08 Å². The van der Waals surface area contributed by atoms with Gasteiger partial charge in [-0.05, 0) is 0 Å². The summed E-state index contributed by atoms with van der Waals surface area (Å²) in [5.41, 5.74) is -0.925. The van der Waals surface area contributed by atoms with E-state index in [1.54, 1.807) is 0 Å². The lowest BCUT2D eigenvalue weighted by molar-refractivity contribution is 0.439. The molecule has 0 heterocycles. The van der Waals surface area contributed by atoms with Gasteiger partial charge in [-0.2, -0.15) is 0 Å². The molecular weight excluding hydrogens is 202 g/mol. The molecular formula is C8H3F4NO. The van der Waals surface area contributed by atoms with Crippen molar-refractivity contribution in [1.29, 1.82) is 0 Å². The fourth-order valence-electron chi connectivity index (χ4n) is 0.873. The molecule has 0 amide bonds. The molecule has 0 radical (unpaired) electrons. The van der Waals surface area contributed by atoms with Crippen LogP contribution in [-0.2, 0) is 11.3 Å². The highest BCUT2D eigenvalue weighted by atomic mass is 19.2. The normalized spacial score (nSPS) is 9.71. The second kappa shape index (κ2) is 4.02. The minimum Gasteiger partial charge on any atom is -0.211 e. The number of isocyanates is 1. The van der Waals surface area contributed by atoms with Crippen molar-refractivity contribution in [3.63, 3.8) is 0 Å². The lowest BCUT2D eigenvalue weighted by Gasteiger charge is -2.02. The molecule has 0 saturated heterocycles. The van der Waals surface area contributed by atoms with Crippen LogP contribution in [0.3, 0.4) is 0 Å². The molecule has 0 N–H and O–H groups in total. The van der Waals surface area contributed by atoms with Gasteiger partial charge in [-0.1, -0.05) is 0 Å². The van der Waals surface area contributed by atoms with Crippen LogP contribution in [0.4, 0.5) is 17.6 Å². The highest BCUT2D eigenvalue weighted by molar-refractivity contribution is 5.34.